The minimum Gasteiger partial charge on any atom is -0.300 e. The first-order valence-corrected chi connectivity index (χ1v) is 6.33. The number of rotatable bonds is 3. The fraction of sp³-hybridized carbons (Fsp3) is 0.273. The maximum absolute atomic E-state index is 5.20. The standard InChI is InChI=1S/C11H12BrN3S/c1-2-6-15-10(13-14-11(15)16)8-4-3-5-9(12)7-8/h3-5,7H,2,6H2,1H3,(H,14,16). The molecule has 1 N–H and O–H groups in total. The number of hydrogen-bond acceptors (Lipinski definition) is 2. The number of H-pyrrole nitrogens is 1. The van der Waals surface area contributed by atoms with Crippen molar-refractivity contribution in [2.24, 2.45) is 0 Å². The molecule has 0 aliphatic rings. The lowest BCUT2D eigenvalue weighted by atomic mass is 10.2. The van der Waals surface area contributed by atoms with Crippen molar-refractivity contribution < 1.29 is 0 Å². The predicted molar refractivity (Wildman–Crippen MR) is 70.8 cm³/mol. The van der Waals surface area contributed by atoms with Gasteiger partial charge in [-0.2, -0.15) is 5.10 Å². The molecule has 0 unspecified atom stereocenters. The molecule has 2 rings (SSSR count). The Morgan fingerprint density at radius 1 is 1.50 bits per heavy atom. The summed E-state index contributed by atoms with van der Waals surface area (Å²) in [6, 6.07) is 8.06. The predicted octanol–water partition coefficient (Wildman–Crippen LogP) is 3.78. The molecule has 1 aromatic heterocycles. The van der Waals surface area contributed by atoms with E-state index in [1.165, 1.54) is 0 Å². The second-order valence-electron chi connectivity index (χ2n) is 3.51. The lowest BCUT2D eigenvalue weighted by molar-refractivity contribution is 0.675. The lowest BCUT2D eigenvalue weighted by Gasteiger charge is -2.05. The fourth-order valence-corrected chi connectivity index (χ4v) is 2.22. The summed E-state index contributed by atoms with van der Waals surface area (Å²) in [4.78, 5) is 0. The van der Waals surface area contributed by atoms with Gasteiger partial charge >= 0.3 is 0 Å². The Morgan fingerprint density at radius 3 is 3.00 bits per heavy atom. The molecule has 1 aromatic carbocycles. The zero-order valence-corrected chi connectivity index (χ0v) is 11.3. The van der Waals surface area contributed by atoms with Crippen molar-refractivity contribution in [2.45, 2.75) is 19.9 Å². The first-order valence-electron chi connectivity index (χ1n) is 5.13. The summed E-state index contributed by atoms with van der Waals surface area (Å²) in [5.74, 6) is 0.896. The summed E-state index contributed by atoms with van der Waals surface area (Å²) in [6.45, 7) is 3.01. The second-order valence-corrected chi connectivity index (χ2v) is 4.82. The molecule has 0 fully saturated rings. The highest BCUT2D eigenvalue weighted by Gasteiger charge is 2.07. The Bertz CT molecular complexity index is 544. The lowest BCUT2D eigenvalue weighted by Crippen LogP contribution is -1.99. The molecule has 0 spiro atoms. The monoisotopic (exact) mass is 297 g/mol. The molecule has 2 aromatic rings. The van der Waals surface area contributed by atoms with E-state index >= 15 is 0 Å². The fourth-order valence-electron chi connectivity index (χ4n) is 1.60. The van der Waals surface area contributed by atoms with Crippen LogP contribution in [-0.2, 0) is 6.54 Å². The molecule has 0 aliphatic carbocycles. The van der Waals surface area contributed by atoms with Crippen LogP contribution in [0.1, 0.15) is 13.3 Å². The van der Waals surface area contributed by atoms with Gasteiger partial charge in [0.2, 0.25) is 0 Å². The Balaban J connectivity index is 2.51. The van der Waals surface area contributed by atoms with Gasteiger partial charge in [-0.25, -0.2) is 0 Å². The number of halogens is 1. The van der Waals surface area contributed by atoms with Crippen molar-refractivity contribution in [2.75, 3.05) is 0 Å². The van der Waals surface area contributed by atoms with Gasteiger partial charge in [0.1, 0.15) is 0 Å². The molecule has 1 heterocycles. The Kier molecular flexibility index (Phi) is 3.56. The third-order valence-electron chi connectivity index (χ3n) is 2.29. The second kappa shape index (κ2) is 4.93. The van der Waals surface area contributed by atoms with E-state index in [-0.39, 0.29) is 0 Å². The maximum Gasteiger partial charge on any atom is 0.195 e. The summed E-state index contributed by atoms with van der Waals surface area (Å²) < 4.78 is 3.75. The minimum atomic E-state index is 0.678. The molecular formula is C11H12BrN3S. The SMILES string of the molecule is CCCn1c(-c2cccc(Br)c2)n[nH]c1=S. The van der Waals surface area contributed by atoms with Gasteiger partial charge in [-0.05, 0) is 30.8 Å². The van der Waals surface area contributed by atoms with Crippen LogP contribution in [0, 0.1) is 4.77 Å². The zero-order valence-electron chi connectivity index (χ0n) is 8.90. The van der Waals surface area contributed by atoms with Crippen molar-refractivity contribution in [3.05, 3.63) is 33.5 Å². The van der Waals surface area contributed by atoms with Crippen molar-refractivity contribution in [1.29, 1.82) is 0 Å². The topological polar surface area (TPSA) is 33.6 Å². The molecule has 0 amide bonds. The van der Waals surface area contributed by atoms with Crippen LogP contribution in [0.4, 0.5) is 0 Å². The van der Waals surface area contributed by atoms with Gasteiger partial charge in [0.15, 0.2) is 10.6 Å². The van der Waals surface area contributed by atoms with Crippen LogP contribution >= 0.6 is 28.1 Å². The zero-order chi connectivity index (χ0) is 11.5. The number of benzene rings is 1. The average Bonchev–Trinajstić information content (AvgIpc) is 2.61. The quantitative estimate of drug-likeness (QED) is 0.875. The highest BCUT2D eigenvalue weighted by Crippen LogP contribution is 2.21. The summed E-state index contributed by atoms with van der Waals surface area (Å²) >= 11 is 8.66. The van der Waals surface area contributed by atoms with E-state index in [0.29, 0.717) is 4.77 Å². The third kappa shape index (κ3) is 2.25. The average molecular weight is 298 g/mol. The molecular weight excluding hydrogens is 286 g/mol. The van der Waals surface area contributed by atoms with Gasteiger partial charge in [-0.1, -0.05) is 35.0 Å². The molecule has 3 nitrogen and oxygen atoms in total. The summed E-state index contributed by atoms with van der Waals surface area (Å²) in [5.41, 5.74) is 1.06. The van der Waals surface area contributed by atoms with E-state index in [2.05, 4.69) is 33.1 Å². The van der Waals surface area contributed by atoms with Crippen molar-refractivity contribution in [3.8, 4) is 11.4 Å². The van der Waals surface area contributed by atoms with Crippen LogP contribution in [-0.4, -0.2) is 14.8 Å². The molecule has 0 bridgehead atoms. The van der Waals surface area contributed by atoms with Crippen LogP contribution in [0.3, 0.4) is 0 Å². The minimum absolute atomic E-state index is 0.678. The highest BCUT2D eigenvalue weighted by atomic mass is 79.9. The van der Waals surface area contributed by atoms with Crippen LogP contribution in [0.15, 0.2) is 28.7 Å². The highest BCUT2D eigenvalue weighted by molar-refractivity contribution is 9.10. The van der Waals surface area contributed by atoms with Gasteiger partial charge in [0, 0.05) is 16.6 Å². The van der Waals surface area contributed by atoms with Gasteiger partial charge in [-0.3, -0.25) is 5.10 Å². The molecule has 0 saturated heterocycles. The van der Waals surface area contributed by atoms with E-state index < -0.39 is 0 Å². The number of nitrogens with zero attached hydrogens (tertiary/aromatic N) is 2. The number of aromatic nitrogens is 3. The van der Waals surface area contributed by atoms with Crippen molar-refractivity contribution in [1.82, 2.24) is 14.8 Å². The molecule has 16 heavy (non-hydrogen) atoms. The van der Waals surface area contributed by atoms with Crippen LogP contribution in [0.2, 0.25) is 0 Å². The largest absolute Gasteiger partial charge is 0.300 e. The molecule has 0 saturated carbocycles. The van der Waals surface area contributed by atoms with Crippen LogP contribution in [0.5, 0.6) is 0 Å². The first kappa shape index (κ1) is 11.5. The van der Waals surface area contributed by atoms with Crippen LogP contribution < -0.4 is 0 Å². The van der Waals surface area contributed by atoms with Crippen LogP contribution in [0.25, 0.3) is 11.4 Å². The molecule has 5 heteroatoms. The van der Waals surface area contributed by atoms with Gasteiger partial charge in [0.05, 0.1) is 0 Å². The van der Waals surface area contributed by atoms with E-state index in [1.54, 1.807) is 0 Å². The maximum atomic E-state index is 5.20. The Labute approximate surface area is 108 Å². The summed E-state index contributed by atoms with van der Waals surface area (Å²) in [7, 11) is 0. The Morgan fingerprint density at radius 2 is 2.31 bits per heavy atom. The normalized spacial score (nSPS) is 10.6. The third-order valence-corrected chi connectivity index (χ3v) is 3.09. The van der Waals surface area contributed by atoms with Crippen molar-refractivity contribution in [3.63, 3.8) is 0 Å². The van der Waals surface area contributed by atoms with Gasteiger partial charge in [0.25, 0.3) is 0 Å². The van der Waals surface area contributed by atoms with E-state index in [4.69, 9.17) is 12.2 Å². The smallest absolute Gasteiger partial charge is 0.195 e. The molecule has 84 valence electrons. The molecule has 0 aliphatic heterocycles. The van der Waals surface area contributed by atoms with Gasteiger partial charge in [-0.15, -0.1) is 0 Å². The van der Waals surface area contributed by atoms with Crippen molar-refractivity contribution >= 4 is 28.1 Å². The summed E-state index contributed by atoms with van der Waals surface area (Å²) in [5, 5.41) is 7.11. The van der Waals surface area contributed by atoms with E-state index in [1.807, 2.05) is 28.8 Å². The molecule has 0 atom stereocenters. The van der Waals surface area contributed by atoms with E-state index in [9.17, 15) is 0 Å². The Hall–Kier alpha value is -0.940. The number of hydrogen-bond donors (Lipinski definition) is 1. The number of nitrogens with one attached hydrogen (secondary N) is 1. The number of aromatic amines is 1. The van der Waals surface area contributed by atoms with Gasteiger partial charge < -0.3 is 4.57 Å². The summed E-state index contributed by atoms with van der Waals surface area (Å²) in [6.07, 6.45) is 1.04. The van der Waals surface area contributed by atoms with E-state index in [0.717, 1.165) is 28.8 Å². The molecule has 0 radical (unpaired) electrons. The first-order chi connectivity index (χ1) is 7.72.